The molecule has 1 saturated carbocycles. The van der Waals surface area contributed by atoms with Crippen molar-refractivity contribution in [2.45, 2.75) is 65.8 Å². The summed E-state index contributed by atoms with van der Waals surface area (Å²) in [6.07, 6.45) is 4.09. The smallest absolute Gasteiger partial charge is 0.220 e. The van der Waals surface area contributed by atoms with E-state index in [0.717, 1.165) is 26.1 Å². The zero-order chi connectivity index (χ0) is 17.2. The van der Waals surface area contributed by atoms with Crippen molar-refractivity contribution in [3.8, 4) is 0 Å². The number of hydrogen-bond acceptors (Lipinski definition) is 2. The first-order valence-electron chi connectivity index (χ1n) is 9.37. The number of likely N-dealkylation sites (N-methyl/N-ethyl adjacent to an activating group) is 1. The van der Waals surface area contributed by atoms with Crippen LogP contribution in [-0.2, 0) is 9.59 Å². The molecule has 0 radical (unpaired) electrons. The Bertz CT molecular complexity index is 369. The van der Waals surface area contributed by atoms with Crippen molar-refractivity contribution in [3.63, 3.8) is 0 Å². The van der Waals surface area contributed by atoms with Crippen molar-refractivity contribution in [2.24, 2.45) is 11.8 Å². The van der Waals surface area contributed by atoms with Crippen LogP contribution in [0, 0.1) is 11.8 Å². The Morgan fingerprint density at radius 1 is 1.04 bits per heavy atom. The van der Waals surface area contributed by atoms with Gasteiger partial charge in [-0.05, 0) is 32.1 Å². The molecule has 3 N–H and O–H groups in total. The molecule has 0 bridgehead atoms. The quantitative estimate of drug-likeness (QED) is 0.585. The molecule has 0 aromatic heterocycles. The number of hydrogen-bond donors (Lipinski definition) is 3. The minimum Gasteiger partial charge on any atom is -0.353 e. The van der Waals surface area contributed by atoms with Gasteiger partial charge < -0.3 is 15.5 Å². The number of rotatable bonds is 9. The molecule has 0 aromatic rings. The molecule has 0 spiro atoms. The van der Waals surface area contributed by atoms with Crippen LogP contribution >= 0.6 is 0 Å². The molecule has 0 saturated heterocycles. The molecule has 1 rings (SSSR count). The summed E-state index contributed by atoms with van der Waals surface area (Å²) in [6, 6.07) is 0.278. The van der Waals surface area contributed by atoms with Gasteiger partial charge in [0.15, 0.2) is 0 Å². The summed E-state index contributed by atoms with van der Waals surface area (Å²) >= 11 is 0. The fourth-order valence-corrected chi connectivity index (χ4v) is 3.36. The fourth-order valence-electron chi connectivity index (χ4n) is 3.36. The first kappa shape index (κ1) is 19.9. The molecule has 1 aliphatic carbocycles. The van der Waals surface area contributed by atoms with Gasteiger partial charge in [-0.3, -0.25) is 9.59 Å². The van der Waals surface area contributed by atoms with E-state index in [1.54, 1.807) is 0 Å². The van der Waals surface area contributed by atoms with Crippen molar-refractivity contribution < 1.29 is 14.5 Å². The second-order valence-electron chi connectivity index (χ2n) is 7.00. The summed E-state index contributed by atoms with van der Waals surface area (Å²) in [4.78, 5) is 25.3. The molecule has 0 aliphatic heterocycles. The first-order valence-corrected chi connectivity index (χ1v) is 9.37. The molecular weight excluding hydrogens is 290 g/mol. The van der Waals surface area contributed by atoms with Crippen LogP contribution in [0.15, 0.2) is 0 Å². The van der Waals surface area contributed by atoms with Crippen LogP contribution < -0.4 is 15.5 Å². The highest BCUT2D eigenvalue weighted by molar-refractivity contribution is 5.83. The number of carbonyl (C=O) groups is 2. The van der Waals surface area contributed by atoms with Gasteiger partial charge in [0.1, 0.15) is 0 Å². The highest BCUT2D eigenvalue weighted by Gasteiger charge is 2.28. The van der Waals surface area contributed by atoms with Gasteiger partial charge in [-0.2, -0.15) is 0 Å². The van der Waals surface area contributed by atoms with Crippen molar-refractivity contribution in [2.75, 3.05) is 26.2 Å². The van der Waals surface area contributed by atoms with Gasteiger partial charge in [-0.15, -0.1) is 0 Å². The molecule has 0 aromatic carbocycles. The lowest BCUT2D eigenvalue weighted by atomic mass is 9.78. The zero-order valence-corrected chi connectivity index (χ0v) is 15.4. The minimum atomic E-state index is -0.0169. The summed E-state index contributed by atoms with van der Waals surface area (Å²) in [5.74, 6) is 1.19. The average Bonchev–Trinajstić information content (AvgIpc) is 2.54. The monoisotopic (exact) mass is 326 g/mol. The summed E-state index contributed by atoms with van der Waals surface area (Å²) in [5, 5.41) is 6.04. The molecular formula is C18H36N3O2+. The Balaban J connectivity index is 2.18. The van der Waals surface area contributed by atoms with Crippen LogP contribution in [-0.4, -0.2) is 44.0 Å². The van der Waals surface area contributed by atoms with E-state index in [9.17, 15) is 9.59 Å². The maximum Gasteiger partial charge on any atom is 0.220 e. The molecule has 2 amide bonds. The van der Waals surface area contributed by atoms with Crippen LogP contribution in [0.2, 0.25) is 0 Å². The Labute approximate surface area is 141 Å². The molecule has 5 heteroatoms. The molecule has 23 heavy (non-hydrogen) atoms. The molecule has 134 valence electrons. The summed E-state index contributed by atoms with van der Waals surface area (Å²) in [5.41, 5.74) is 0. The second kappa shape index (κ2) is 10.6. The Morgan fingerprint density at radius 3 is 2.35 bits per heavy atom. The fraction of sp³-hybridized carbons (Fsp3) is 0.889. The maximum atomic E-state index is 12.0. The van der Waals surface area contributed by atoms with Crippen molar-refractivity contribution in [3.05, 3.63) is 0 Å². The van der Waals surface area contributed by atoms with Gasteiger partial charge in [0.25, 0.3) is 0 Å². The topological polar surface area (TPSA) is 62.6 Å². The third-order valence-corrected chi connectivity index (χ3v) is 5.43. The van der Waals surface area contributed by atoms with Crippen molar-refractivity contribution in [1.29, 1.82) is 0 Å². The Morgan fingerprint density at radius 2 is 1.70 bits per heavy atom. The number of quaternary nitrogens is 1. The SMILES string of the molecule is CC[NH+](CC)CCNC(=O)CCC(=O)N[C@H]1CCC[C@H](C)[C@@H]1C. The lowest BCUT2D eigenvalue weighted by Crippen LogP contribution is -3.12. The van der Waals surface area contributed by atoms with E-state index in [2.05, 4.69) is 38.3 Å². The van der Waals surface area contributed by atoms with Crippen LogP contribution in [0.4, 0.5) is 0 Å². The highest BCUT2D eigenvalue weighted by Crippen LogP contribution is 2.29. The van der Waals surface area contributed by atoms with Gasteiger partial charge in [0, 0.05) is 18.9 Å². The van der Waals surface area contributed by atoms with Gasteiger partial charge in [-0.1, -0.05) is 26.7 Å². The van der Waals surface area contributed by atoms with E-state index < -0.39 is 0 Å². The van der Waals surface area contributed by atoms with E-state index in [4.69, 9.17) is 0 Å². The van der Waals surface area contributed by atoms with Crippen LogP contribution in [0.25, 0.3) is 0 Å². The number of amides is 2. The third kappa shape index (κ3) is 7.34. The van der Waals surface area contributed by atoms with Gasteiger partial charge in [-0.25, -0.2) is 0 Å². The zero-order valence-electron chi connectivity index (χ0n) is 15.4. The molecule has 0 unspecified atom stereocenters. The van der Waals surface area contributed by atoms with E-state index in [1.807, 2.05) is 0 Å². The summed E-state index contributed by atoms with van der Waals surface area (Å²) < 4.78 is 0. The third-order valence-electron chi connectivity index (χ3n) is 5.43. The van der Waals surface area contributed by atoms with Gasteiger partial charge in [0.05, 0.1) is 26.2 Å². The second-order valence-corrected chi connectivity index (χ2v) is 7.00. The van der Waals surface area contributed by atoms with Crippen molar-refractivity contribution in [1.82, 2.24) is 10.6 Å². The van der Waals surface area contributed by atoms with E-state index in [0.29, 0.717) is 24.8 Å². The van der Waals surface area contributed by atoms with E-state index in [1.165, 1.54) is 17.7 Å². The van der Waals surface area contributed by atoms with E-state index in [-0.39, 0.29) is 24.3 Å². The highest BCUT2D eigenvalue weighted by atomic mass is 16.2. The molecule has 5 nitrogen and oxygen atoms in total. The molecule has 1 fully saturated rings. The standard InChI is InChI=1S/C18H35N3O2/c1-5-21(6-2)13-12-19-17(22)10-11-18(23)20-16-9-7-8-14(3)15(16)4/h14-16H,5-13H2,1-4H3,(H,19,22)(H,20,23)/p+1/t14-,15-,16-/m0/s1. The lowest BCUT2D eigenvalue weighted by Gasteiger charge is -2.34. The van der Waals surface area contributed by atoms with E-state index >= 15 is 0 Å². The van der Waals surface area contributed by atoms with Gasteiger partial charge >= 0.3 is 0 Å². The predicted molar refractivity (Wildman–Crippen MR) is 93.3 cm³/mol. The molecule has 3 atom stereocenters. The largest absolute Gasteiger partial charge is 0.353 e. The first-order chi connectivity index (χ1) is 11.0. The number of nitrogens with one attached hydrogen (secondary N) is 3. The lowest BCUT2D eigenvalue weighted by molar-refractivity contribution is -0.895. The molecule has 0 heterocycles. The van der Waals surface area contributed by atoms with Crippen LogP contribution in [0.5, 0.6) is 0 Å². The normalized spacial score (nSPS) is 24.5. The Kier molecular flexibility index (Phi) is 9.22. The predicted octanol–water partition coefficient (Wildman–Crippen LogP) is 0.748. The molecule has 1 aliphatic rings. The number of carbonyl (C=O) groups excluding carboxylic acids is 2. The van der Waals surface area contributed by atoms with Crippen LogP contribution in [0.1, 0.15) is 59.8 Å². The summed E-state index contributed by atoms with van der Waals surface area (Å²) in [7, 11) is 0. The maximum absolute atomic E-state index is 12.0. The van der Waals surface area contributed by atoms with Crippen molar-refractivity contribution >= 4 is 11.8 Å². The Hall–Kier alpha value is -1.10. The van der Waals surface area contributed by atoms with Crippen LogP contribution in [0.3, 0.4) is 0 Å². The average molecular weight is 327 g/mol. The minimum absolute atomic E-state index is 0.0143. The summed E-state index contributed by atoms with van der Waals surface area (Å²) in [6.45, 7) is 12.6. The van der Waals surface area contributed by atoms with Gasteiger partial charge in [0.2, 0.25) is 11.8 Å².